The summed E-state index contributed by atoms with van der Waals surface area (Å²) in [4.78, 5) is 0.375. The Labute approximate surface area is 112 Å². The third-order valence-electron chi connectivity index (χ3n) is 2.20. The molecular formula is C11H10BrN3OS. The van der Waals surface area contributed by atoms with Gasteiger partial charge in [0.25, 0.3) is 0 Å². The normalized spacial score (nSPS) is 10.2. The lowest BCUT2D eigenvalue weighted by atomic mass is 10.2. The van der Waals surface area contributed by atoms with E-state index in [1.54, 1.807) is 6.26 Å². The van der Waals surface area contributed by atoms with E-state index < -0.39 is 0 Å². The number of aromatic nitrogens is 1. The van der Waals surface area contributed by atoms with Crippen LogP contribution in [0.3, 0.4) is 0 Å². The molecule has 0 amide bonds. The summed E-state index contributed by atoms with van der Waals surface area (Å²) in [5.41, 5.74) is 8.21. The van der Waals surface area contributed by atoms with E-state index in [1.165, 1.54) is 0 Å². The first-order valence-corrected chi connectivity index (χ1v) is 6.09. The molecule has 0 fully saturated rings. The van der Waals surface area contributed by atoms with Crippen LogP contribution >= 0.6 is 28.1 Å². The highest BCUT2D eigenvalue weighted by molar-refractivity contribution is 9.10. The Morgan fingerprint density at radius 3 is 2.88 bits per heavy atom. The Hall–Kier alpha value is -1.40. The van der Waals surface area contributed by atoms with Gasteiger partial charge in [-0.25, -0.2) is 0 Å². The predicted octanol–water partition coefficient (Wildman–Crippen LogP) is 2.68. The minimum absolute atomic E-state index is 0.375. The predicted molar refractivity (Wildman–Crippen MR) is 73.9 cm³/mol. The van der Waals surface area contributed by atoms with Crippen LogP contribution in [0.4, 0.5) is 5.69 Å². The van der Waals surface area contributed by atoms with Crippen LogP contribution < -0.4 is 11.1 Å². The SMILES string of the molecule is NC(=S)c1ccc(NCc2ccon2)cc1Br. The van der Waals surface area contributed by atoms with Crippen molar-refractivity contribution in [2.45, 2.75) is 6.54 Å². The van der Waals surface area contributed by atoms with Gasteiger partial charge in [0.2, 0.25) is 0 Å². The van der Waals surface area contributed by atoms with Crippen molar-refractivity contribution >= 4 is 38.8 Å². The van der Waals surface area contributed by atoms with Gasteiger partial charge in [-0.3, -0.25) is 0 Å². The second kappa shape index (κ2) is 5.29. The Bertz CT molecular complexity index is 528. The van der Waals surface area contributed by atoms with E-state index in [0.717, 1.165) is 21.4 Å². The first-order valence-electron chi connectivity index (χ1n) is 4.89. The molecule has 4 nitrogen and oxygen atoms in total. The van der Waals surface area contributed by atoms with Crippen LogP contribution in [-0.4, -0.2) is 10.1 Å². The molecule has 6 heteroatoms. The number of hydrogen-bond acceptors (Lipinski definition) is 4. The Kier molecular flexibility index (Phi) is 3.75. The molecular weight excluding hydrogens is 302 g/mol. The molecule has 0 bridgehead atoms. The molecule has 2 aromatic rings. The molecule has 0 unspecified atom stereocenters. The van der Waals surface area contributed by atoms with Gasteiger partial charge in [0.05, 0.1) is 6.54 Å². The number of rotatable bonds is 4. The minimum atomic E-state index is 0.375. The summed E-state index contributed by atoms with van der Waals surface area (Å²) < 4.78 is 5.61. The largest absolute Gasteiger partial charge is 0.389 e. The molecule has 0 radical (unpaired) electrons. The average Bonchev–Trinajstić information content (AvgIpc) is 2.78. The minimum Gasteiger partial charge on any atom is -0.389 e. The van der Waals surface area contributed by atoms with E-state index in [0.29, 0.717) is 11.5 Å². The van der Waals surface area contributed by atoms with Crippen molar-refractivity contribution in [1.29, 1.82) is 0 Å². The molecule has 0 aliphatic heterocycles. The summed E-state index contributed by atoms with van der Waals surface area (Å²) in [5.74, 6) is 0. The van der Waals surface area contributed by atoms with Crippen LogP contribution in [-0.2, 0) is 6.54 Å². The molecule has 1 aromatic carbocycles. The third-order valence-corrected chi connectivity index (χ3v) is 3.08. The van der Waals surface area contributed by atoms with E-state index in [1.807, 2.05) is 24.3 Å². The maximum atomic E-state index is 5.57. The topological polar surface area (TPSA) is 64.1 Å². The molecule has 0 spiro atoms. The second-order valence-corrected chi connectivity index (χ2v) is 4.70. The molecule has 0 aliphatic rings. The highest BCUT2D eigenvalue weighted by Crippen LogP contribution is 2.21. The van der Waals surface area contributed by atoms with Crippen molar-refractivity contribution in [1.82, 2.24) is 5.16 Å². The van der Waals surface area contributed by atoms with Crippen LogP contribution in [0.2, 0.25) is 0 Å². The highest BCUT2D eigenvalue weighted by Gasteiger charge is 2.04. The summed E-state index contributed by atoms with van der Waals surface area (Å²) in [5, 5.41) is 7.03. The van der Waals surface area contributed by atoms with Crippen molar-refractivity contribution in [3.63, 3.8) is 0 Å². The lowest BCUT2D eigenvalue weighted by Gasteiger charge is -2.07. The number of hydrogen-bond donors (Lipinski definition) is 2. The van der Waals surface area contributed by atoms with Gasteiger partial charge in [0.15, 0.2) is 0 Å². The van der Waals surface area contributed by atoms with E-state index >= 15 is 0 Å². The smallest absolute Gasteiger partial charge is 0.124 e. The molecule has 17 heavy (non-hydrogen) atoms. The second-order valence-electron chi connectivity index (χ2n) is 3.40. The standard InChI is InChI=1S/C11H10BrN3OS/c12-10-5-7(1-2-9(10)11(13)17)14-6-8-3-4-16-15-8/h1-5,14H,6H2,(H2,13,17). The maximum Gasteiger partial charge on any atom is 0.124 e. The van der Waals surface area contributed by atoms with Crippen molar-refractivity contribution in [3.05, 3.63) is 46.3 Å². The number of halogens is 1. The summed E-state index contributed by atoms with van der Waals surface area (Å²) >= 11 is 8.35. The number of nitrogens with zero attached hydrogens (tertiary/aromatic N) is 1. The number of thiocarbonyl (C=S) groups is 1. The number of nitrogens with two attached hydrogens (primary N) is 1. The maximum absolute atomic E-state index is 5.57. The molecule has 2 rings (SSSR count). The number of benzene rings is 1. The van der Waals surface area contributed by atoms with Gasteiger partial charge in [-0.15, -0.1) is 0 Å². The van der Waals surface area contributed by atoms with Crippen molar-refractivity contribution in [2.24, 2.45) is 5.73 Å². The number of anilines is 1. The molecule has 3 N–H and O–H groups in total. The highest BCUT2D eigenvalue weighted by atomic mass is 79.9. The van der Waals surface area contributed by atoms with Crippen LogP contribution in [0.5, 0.6) is 0 Å². The summed E-state index contributed by atoms with van der Waals surface area (Å²) in [7, 11) is 0. The zero-order chi connectivity index (χ0) is 12.3. The summed E-state index contributed by atoms with van der Waals surface area (Å²) in [6.07, 6.45) is 1.54. The molecule has 1 aromatic heterocycles. The van der Waals surface area contributed by atoms with Crippen LogP contribution in [0.1, 0.15) is 11.3 Å². The van der Waals surface area contributed by atoms with E-state index in [-0.39, 0.29) is 0 Å². The lowest BCUT2D eigenvalue weighted by molar-refractivity contribution is 0.412. The molecule has 1 heterocycles. The Morgan fingerprint density at radius 1 is 1.47 bits per heavy atom. The van der Waals surface area contributed by atoms with Gasteiger partial charge in [-0.2, -0.15) is 0 Å². The fraction of sp³-hybridized carbons (Fsp3) is 0.0909. The zero-order valence-electron chi connectivity index (χ0n) is 8.81. The Balaban J connectivity index is 2.07. The fourth-order valence-corrected chi connectivity index (χ4v) is 2.25. The van der Waals surface area contributed by atoms with E-state index in [2.05, 4.69) is 26.4 Å². The van der Waals surface area contributed by atoms with Gasteiger partial charge in [-0.1, -0.05) is 17.4 Å². The summed E-state index contributed by atoms with van der Waals surface area (Å²) in [6, 6.07) is 7.52. The zero-order valence-corrected chi connectivity index (χ0v) is 11.2. The monoisotopic (exact) mass is 311 g/mol. The van der Waals surface area contributed by atoms with Gasteiger partial charge < -0.3 is 15.6 Å². The average molecular weight is 312 g/mol. The van der Waals surface area contributed by atoms with Gasteiger partial charge in [0.1, 0.15) is 16.9 Å². The first-order chi connectivity index (χ1) is 8.16. The van der Waals surface area contributed by atoms with Crippen molar-refractivity contribution < 1.29 is 4.52 Å². The lowest BCUT2D eigenvalue weighted by Crippen LogP contribution is -2.10. The van der Waals surface area contributed by atoms with E-state index in [9.17, 15) is 0 Å². The van der Waals surface area contributed by atoms with Crippen LogP contribution in [0, 0.1) is 0 Å². The quantitative estimate of drug-likeness (QED) is 0.850. The first kappa shape index (κ1) is 12.1. The van der Waals surface area contributed by atoms with Crippen molar-refractivity contribution in [3.8, 4) is 0 Å². The van der Waals surface area contributed by atoms with Crippen molar-refractivity contribution in [2.75, 3.05) is 5.32 Å². The molecule has 0 atom stereocenters. The molecule has 88 valence electrons. The van der Waals surface area contributed by atoms with Gasteiger partial charge >= 0.3 is 0 Å². The molecule has 0 saturated heterocycles. The Morgan fingerprint density at radius 2 is 2.29 bits per heavy atom. The van der Waals surface area contributed by atoms with Crippen LogP contribution in [0.15, 0.2) is 39.5 Å². The van der Waals surface area contributed by atoms with Gasteiger partial charge in [0, 0.05) is 21.8 Å². The number of nitrogens with one attached hydrogen (secondary N) is 1. The van der Waals surface area contributed by atoms with Crippen LogP contribution in [0.25, 0.3) is 0 Å². The fourth-order valence-electron chi connectivity index (χ4n) is 1.35. The molecule has 0 saturated carbocycles. The van der Waals surface area contributed by atoms with Gasteiger partial charge in [-0.05, 0) is 34.1 Å². The third kappa shape index (κ3) is 3.04. The molecule has 0 aliphatic carbocycles. The summed E-state index contributed by atoms with van der Waals surface area (Å²) in [6.45, 7) is 0.607. The van der Waals surface area contributed by atoms with E-state index in [4.69, 9.17) is 22.5 Å².